The van der Waals surface area contributed by atoms with Crippen LogP contribution >= 0.6 is 0 Å². The minimum Gasteiger partial charge on any atom is -0.0651 e. The summed E-state index contributed by atoms with van der Waals surface area (Å²) in [5.41, 5.74) is 0. The minimum absolute atomic E-state index is 1.05. The molecule has 0 radical (unpaired) electrons. The fourth-order valence-corrected chi connectivity index (χ4v) is 2.83. The molecule has 0 spiro atoms. The standard InChI is InChI=1S/C15H30/c1-2-15-13-11-9-7-5-3-4-6-8-10-12-14-15/h15H,2-14H2,1H3. The van der Waals surface area contributed by atoms with E-state index in [1.54, 1.807) is 0 Å². The van der Waals surface area contributed by atoms with Gasteiger partial charge >= 0.3 is 0 Å². The van der Waals surface area contributed by atoms with Gasteiger partial charge in [0.2, 0.25) is 0 Å². The lowest BCUT2D eigenvalue weighted by molar-refractivity contribution is 0.397. The van der Waals surface area contributed by atoms with Crippen LogP contribution in [0, 0.1) is 5.92 Å². The Hall–Kier alpha value is 0. The molecule has 1 aliphatic rings. The zero-order valence-electron chi connectivity index (χ0n) is 10.8. The largest absolute Gasteiger partial charge is 0.0651 e. The maximum Gasteiger partial charge on any atom is -0.0417 e. The summed E-state index contributed by atoms with van der Waals surface area (Å²) in [5.74, 6) is 1.05. The molecule has 0 aliphatic heterocycles. The Bertz CT molecular complexity index is 114. The smallest absolute Gasteiger partial charge is 0.0417 e. The summed E-state index contributed by atoms with van der Waals surface area (Å²) in [6.45, 7) is 2.38. The molecule has 15 heavy (non-hydrogen) atoms. The van der Waals surface area contributed by atoms with E-state index in [0.29, 0.717) is 0 Å². The van der Waals surface area contributed by atoms with E-state index in [1.165, 1.54) is 83.5 Å². The summed E-state index contributed by atoms with van der Waals surface area (Å²) < 4.78 is 0. The van der Waals surface area contributed by atoms with Gasteiger partial charge in [-0.3, -0.25) is 0 Å². The van der Waals surface area contributed by atoms with Gasteiger partial charge in [0.05, 0.1) is 0 Å². The average Bonchev–Trinajstić information content (AvgIpc) is 2.29. The predicted molar refractivity (Wildman–Crippen MR) is 69.2 cm³/mol. The van der Waals surface area contributed by atoms with Crippen LogP contribution in [-0.2, 0) is 0 Å². The van der Waals surface area contributed by atoms with E-state index in [2.05, 4.69) is 6.92 Å². The van der Waals surface area contributed by atoms with Crippen LogP contribution in [0.2, 0.25) is 0 Å². The molecular formula is C15H30. The highest BCUT2D eigenvalue weighted by atomic mass is 14.1. The van der Waals surface area contributed by atoms with Crippen molar-refractivity contribution in [2.24, 2.45) is 5.92 Å². The SMILES string of the molecule is CCC1CCCCCCCCCCCC1. The maximum atomic E-state index is 2.38. The zero-order chi connectivity index (χ0) is 10.8. The molecule has 1 fully saturated rings. The highest BCUT2D eigenvalue weighted by molar-refractivity contribution is 4.60. The first-order valence-corrected chi connectivity index (χ1v) is 7.43. The first-order chi connectivity index (χ1) is 7.43. The Morgan fingerprint density at radius 3 is 1.27 bits per heavy atom. The van der Waals surface area contributed by atoms with E-state index in [-0.39, 0.29) is 0 Å². The first kappa shape index (κ1) is 13.1. The van der Waals surface area contributed by atoms with Crippen molar-refractivity contribution in [3.05, 3.63) is 0 Å². The monoisotopic (exact) mass is 210 g/mol. The van der Waals surface area contributed by atoms with Crippen LogP contribution in [0.4, 0.5) is 0 Å². The van der Waals surface area contributed by atoms with Crippen molar-refractivity contribution in [2.45, 2.75) is 90.4 Å². The summed E-state index contributed by atoms with van der Waals surface area (Å²) in [6.07, 6.45) is 19.4. The second-order valence-corrected chi connectivity index (χ2v) is 5.39. The van der Waals surface area contributed by atoms with Gasteiger partial charge in [0.15, 0.2) is 0 Å². The van der Waals surface area contributed by atoms with Crippen LogP contribution in [0.5, 0.6) is 0 Å². The zero-order valence-corrected chi connectivity index (χ0v) is 10.8. The van der Waals surface area contributed by atoms with Gasteiger partial charge in [-0.05, 0) is 5.92 Å². The molecule has 0 bridgehead atoms. The predicted octanol–water partition coefficient (Wildman–Crippen LogP) is 5.71. The molecule has 1 rings (SSSR count). The van der Waals surface area contributed by atoms with Crippen molar-refractivity contribution in [3.63, 3.8) is 0 Å². The van der Waals surface area contributed by atoms with Crippen molar-refractivity contribution < 1.29 is 0 Å². The Morgan fingerprint density at radius 2 is 0.933 bits per heavy atom. The van der Waals surface area contributed by atoms with Crippen LogP contribution in [0.15, 0.2) is 0 Å². The molecule has 0 heteroatoms. The van der Waals surface area contributed by atoms with E-state index >= 15 is 0 Å². The quantitative estimate of drug-likeness (QED) is 0.520. The van der Waals surface area contributed by atoms with Gasteiger partial charge in [0.1, 0.15) is 0 Å². The molecule has 0 aromatic rings. The molecule has 0 aromatic carbocycles. The van der Waals surface area contributed by atoms with Gasteiger partial charge in [0, 0.05) is 0 Å². The molecule has 0 saturated heterocycles. The lowest BCUT2D eigenvalue weighted by Crippen LogP contribution is -1.98. The van der Waals surface area contributed by atoms with Gasteiger partial charge in [-0.2, -0.15) is 0 Å². The summed E-state index contributed by atoms with van der Waals surface area (Å²) in [5, 5.41) is 0. The van der Waals surface area contributed by atoms with Crippen molar-refractivity contribution >= 4 is 0 Å². The molecule has 0 heterocycles. The maximum absolute atomic E-state index is 2.38. The van der Waals surface area contributed by atoms with Gasteiger partial charge in [-0.25, -0.2) is 0 Å². The Kier molecular flexibility index (Phi) is 8.05. The Morgan fingerprint density at radius 1 is 0.600 bits per heavy atom. The lowest BCUT2D eigenvalue weighted by Gasteiger charge is -2.14. The highest BCUT2D eigenvalue weighted by Crippen LogP contribution is 2.22. The molecule has 0 atom stereocenters. The molecule has 1 aliphatic carbocycles. The van der Waals surface area contributed by atoms with Crippen LogP contribution in [-0.4, -0.2) is 0 Å². The third-order valence-corrected chi connectivity index (χ3v) is 4.05. The second kappa shape index (κ2) is 9.24. The topological polar surface area (TPSA) is 0 Å². The summed E-state index contributed by atoms with van der Waals surface area (Å²) in [7, 11) is 0. The first-order valence-electron chi connectivity index (χ1n) is 7.43. The highest BCUT2D eigenvalue weighted by Gasteiger charge is 2.06. The van der Waals surface area contributed by atoms with Gasteiger partial charge in [-0.1, -0.05) is 90.4 Å². The van der Waals surface area contributed by atoms with Crippen molar-refractivity contribution in [3.8, 4) is 0 Å². The molecule has 0 nitrogen and oxygen atoms in total. The van der Waals surface area contributed by atoms with Crippen molar-refractivity contribution in [2.75, 3.05) is 0 Å². The van der Waals surface area contributed by atoms with Gasteiger partial charge in [-0.15, -0.1) is 0 Å². The van der Waals surface area contributed by atoms with Crippen LogP contribution in [0.25, 0.3) is 0 Å². The van der Waals surface area contributed by atoms with Crippen LogP contribution in [0.1, 0.15) is 90.4 Å². The van der Waals surface area contributed by atoms with Crippen LogP contribution in [0.3, 0.4) is 0 Å². The third kappa shape index (κ3) is 6.98. The summed E-state index contributed by atoms with van der Waals surface area (Å²) in [4.78, 5) is 0. The van der Waals surface area contributed by atoms with Crippen molar-refractivity contribution in [1.82, 2.24) is 0 Å². The summed E-state index contributed by atoms with van der Waals surface area (Å²) in [6, 6.07) is 0. The molecular weight excluding hydrogens is 180 g/mol. The average molecular weight is 210 g/mol. The molecule has 0 N–H and O–H groups in total. The molecule has 0 amide bonds. The Labute approximate surface area is 96.8 Å². The minimum atomic E-state index is 1.05. The van der Waals surface area contributed by atoms with E-state index in [0.717, 1.165) is 5.92 Å². The fourth-order valence-electron chi connectivity index (χ4n) is 2.83. The molecule has 0 unspecified atom stereocenters. The number of rotatable bonds is 1. The van der Waals surface area contributed by atoms with Crippen LogP contribution < -0.4 is 0 Å². The van der Waals surface area contributed by atoms with Gasteiger partial charge in [0.25, 0.3) is 0 Å². The number of hydrogen-bond acceptors (Lipinski definition) is 0. The Balaban J connectivity index is 2.17. The van der Waals surface area contributed by atoms with E-state index in [1.807, 2.05) is 0 Å². The normalized spacial score (nSPS) is 23.8. The van der Waals surface area contributed by atoms with Gasteiger partial charge < -0.3 is 0 Å². The second-order valence-electron chi connectivity index (χ2n) is 5.39. The van der Waals surface area contributed by atoms with E-state index < -0.39 is 0 Å². The third-order valence-electron chi connectivity index (χ3n) is 4.05. The fraction of sp³-hybridized carbons (Fsp3) is 1.00. The molecule has 0 aromatic heterocycles. The number of hydrogen-bond donors (Lipinski definition) is 0. The van der Waals surface area contributed by atoms with E-state index in [9.17, 15) is 0 Å². The lowest BCUT2D eigenvalue weighted by atomic mass is 9.93. The molecule has 1 saturated carbocycles. The van der Waals surface area contributed by atoms with Crippen molar-refractivity contribution in [1.29, 1.82) is 0 Å². The van der Waals surface area contributed by atoms with E-state index in [4.69, 9.17) is 0 Å². The summed E-state index contributed by atoms with van der Waals surface area (Å²) >= 11 is 0. The molecule has 90 valence electrons.